The zero-order chi connectivity index (χ0) is 58.9. The molecule has 0 aliphatic heterocycles. The van der Waals surface area contributed by atoms with Crippen molar-refractivity contribution in [3.63, 3.8) is 0 Å². The first-order valence-electron chi connectivity index (χ1n) is 30.9. The van der Waals surface area contributed by atoms with Gasteiger partial charge in [-0.3, -0.25) is 0 Å². The van der Waals surface area contributed by atoms with Gasteiger partial charge in [0.05, 0.1) is 38.8 Å². The zero-order valence-electron chi connectivity index (χ0n) is 49.3. The van der Waals surface area contributed by atoms with E-state index >= 15 is 0 Å². The Morgan fingerprint density at radius 3 is 1.21 bits per heavy atom. The van der Waals surface area contributed by atoms with E-state index in [1.54, 1.807) is 0 Å². The van der Waals surface area contributed by atoms with Crippen molar-refractivity contribution >= 4 is 93.3 Å². The second-order valence-corrected chi connectivity index (χ2v) is 24.4. The first-order chi connectivity index (χ1) is 43.9. The number of nitrogens with zero attached hydrogens (tertiary/aromatic N) is 4. The summed E-state index contributed by atoms with van der Waals surface area (Å²) in [5.74, 6) is 0. The molecule has 0 N–H and O–H groups in total. The number of aromatic nitrogens is 3. The highest BCUT2D eigenvalue weighted by Crippen LogP contribution is 2.53. The standard InChI is InChI=1S/C85H58N4/c1-85(2)76-51-57(56-39-48-82-75(50-56)72-30-16-19-33-80(72)87(82)60-20-6-3-7-21-60)36-43-67(76)68-46-42-64(54-77(68)85)86(63-40-34-55(35-41-63)58-37-44-73-70-28-14-17-31-78(70)88(83(73)52-58)61-22-8-4-9-23-61)81-49-47-65(66-26-12-13-27-69(66)81)59-38-45-74-71-29-15-18-32-79(71)89(84(74)53-59)62-24-10-5-11-25-62/h3-54H,1-2H3. The first kappa shape index (κ1) is 50.8. The third-order valence-corrected chi connectivity index (χ3v) is 19.2. The van der Waals surface area contributed by atoms with E-state index in [0.29, 0.717) is 0 Å². The predicted octanol–water partition coefficient (Wildman–Crippen LogP) is 22.9. The molecular weight excluding hydrogens is 1080 g/mol. The van der Waals surface area contributed by atoms with Crippen LogP contribution in [0.1, 0.15) is 25.0 Å². The van der Waals surface area contributed by atoms with Crippen molar-refractivity contribution in [2.45, 2.75) is 19.3 Å². The van der Waals surface area contributed by atoms with Crippen molar-refractivity contribution in [3.05, 3.63) is 327 Å². The van der Waals surface area contributed by atoms with Crippen molar-refractivity contribution in [1.82, 2.24) is 13.7 Å². The molecule has 0 radical (unpaired) electrons. The van der Waals surface area contributed by atoms with E-state index in [1.807, 2.05) is 0 Å². The average molecular weight is 1140 g/mol. The smallest absolute Gasteiger partial charge is 0.0547 e. The van der Waals surface area contributed by atoms with Crippen molar-refractivity contribution < 1.29 is 0 Å². The van der Waals surface area contributed by atoms with Crippen molar-refractivity contribution in [2.24, 2.45) is 0 Å². The molecular formula is C85H58N4. The number of para-hydroxylation sites is 6. The molecule has 0 saturated heterocycles. The molecule has 1 aliphatic rings. The maximum absolute atomic E-state index is 2.49. The Morgan fingerprint density at radius 2 is 0.618 bits per heavy atom. The van der Waals surface area contributed by atoms with E-state index in [-0.39, 0.29) is 5.41 Å². The normalized spacial score (nSPS) is 12.7. The van der Waals surface area contributed by atoms with Gasteiger partial charge >= 0.3 is 0 Å². The quantitative estimate of drug-likeness (QED) is 0.141. The van der Waals surface area contributed by atoms with Crippen LogP contribution in [0.5, 0.6) is 0 Å². The molecule has 0 spiro atoms. The van der Waals surface area contributed by atoms with Crippen LogP contribution in [0.3, 0.4) is 0 Å². The summed E-state index contributed by atoms with van der Waals surface area (Å²) in [6.07, 6.45) is 0. The summed E-state index contributed by atoms with van der Waals surface area (Å²) in [5, 5.41) is 9.86. The van der Waals surface area contributed by atoms with Crippen LogP contribution < -0.4 is 4.90 Å². The largest absolute Gasteiger partial charge is 0.310 e. The van der Waals surface area contributed by atoms with Gasteiger partial charge in [-0.05, 0) is 176 Å². The number of hydrogen-bond acceptors (Lipinski definition) is 1. The lowest BCUT2D eigenvalue weighted by Gasteiger charge is -2.29. The van der Waals surface area contributed by atoms with Gasteiger partial charge in [-0.1, -0.05) is 214 Å². The maximum Gasteiger partial charge on any atom is 0.0547 e. The van der Waals surface area contributed by atoms with Crippen LogP contribution in [-0.2, 0) is 5.41 Å². The molecule has 18 rings (SSSR count). The lowest BCUT2D eigenvalue weighted by molar-refractivity contribution is 0.660. The van der Waals surface area contributed by atoms with Crippen molar-refractivity contribution in [3.8, 4) is 61.6 Å². The molecule has 4 nitrogen and oxygen atoms in total. The van der Waals surface area contributed by atoms with E-state index in [0.717, 1.165) is 34.0 Å². The molecule has 0 saturated carbocycles. The van der Waals surface area contributed by atoms with Crippen LogP contribution in [-0.4, -0.2) is 13.7 Å². The number of fused-ring (bicyclic) bond motifs is 13. The highest BCUT2D eigenvalue weighted by molar-refractivity contribution is 6.14. The first-order valence-corrected chi connectivity index (χ1v) is 30.9. The summed E-state index contributed by atoms with van der Waals surface area (Å²) in [5.41, 5.74) is 26.0. The highest BCUT2D eigenvalue weighted by atomic mass is 15.1. The van der Waals surface area contributed by atoms with Crippen LogP contribution in [0.15, 0.2) is 315 Å². The Hall–Kier alpha value is -11.5. The molecule has 0 bridgehead atoms. The Morgan fingerprint density at radius 1 is 0.236 bits per heavy atom. The molecule has 14 aromatic carbocycles. The average Bonchev–Trinajstić information content (AvgIpc) is 1.71. The topological polar surface area (TPSA) is 18.0 Å². The number of rotatable bonds is 9. The van der Waals surface area contributed by atoms with Gasteiger partial charge in [-0.25, -0.2) is 0 Å². The molecule has 3 heterocycles. The van der Waals surface area contributed by atoms with Gasteiger partial charge in [0.1, 0.15) is 0 Å². The molecule has 0 fully saturated rings. The summed E-state index contributed by atoms with van der Waals surface area (Å²) < 4.78 is 7.21. The van der Waals surface area contributed by atoms with Gasteiger partial charge < -0.3 is 18.6 Å². The maximum atomic E-state index is 2.49. The lowest BCUT2D eigenvalue weighted by atomic mass is 9.81. The fourth-order valence-electron chi connectivity index (χ4n) is 15.0. The van der Waals surface area contributed by atoms with E-state index in [9.17, 15) is 0 Å². The third-order valence-electron chi connectivity index (χ3n) is 19.2. The van der Waals surface area contributed by atoms with Crippen LogP contribution in [0.25, 0.3) is 138 Å². The molecule has 1 aliphatic carbocycles. The number of benzene rings is 14. The van der Waals surface area contributed by atoms with E-state index in [4.69, 9.17) is 0 Å². The molecule has 3 aromatic heterocycles. The summed E-state index contributed by atoms with van der Waals surface area (Å²) in [4.78, 5) is 2.49. The second-order valence-electron chi connectivity index (χ2n) is 24.4. The number of anilines is 3. The minimum atomic E-state index is -0.298. The minimum absolute atomic E-state index is 0.298. The third kappa shape index (κ3) is 7.86. The summed E-state index contributed by atoms with van der Waals surface area (Å²) in [7, 11) is 0. The summed E-state index contributed by atoms with van der Waals surface area (Å²) in [6.45, 7) is 4.82. The molecule has 89 heavy (non-hydrogen) atoms. The Labute approximate surface area is 516 Å². The Balaban J connectivity index is 0.772. The van der Waals surface area contributed by atoms with Crippen LogP contribution in [0.4, 0.5) is 17.1 Å². The highest BCUT2D eigenvalue weighted by Gasteiger charge is 2.37. The van der Waals surface area contributed by atoms with Crippen LogP contribution >= 0.6 is 0 Å². The Bertz CT molecular complexity index is 5690. The van der Waals surface area contributed by atoms with Crippen molar-refractivity contribution in [1.29, 1.82) is 0 Å². The molecule has 4 heteroatoms. The fraction of sp³-hybridized carbons (Fsp3) is 0.0353. The monoisotopic (exact) mass is 1130 g/mol. The van der Waals surface area contributed by atoms with Crippen LogP contribution in [0.2, 0.25) is 0 Å². The SMILES string of the molecule is CC1(C)c2cc(-c3ccc4c(c3)c3ccccc3n4-c3ccccc3)ccc2-c2ccc(N(c3ccc(-c4ccc5c6ccccc6n(-c6ccccc6)c5c4)cc3)c3ccc(-c4ccc5c6ccccc6n(-c6ccccc6)c5c4)c4ccccc34)cc21. The van der Waals surface area contributed by atoms with Crippen LogP contribution in [0, 0.1) is 0 Å². The van der Waals surface area contributed by atoms with Gasteiger partial charge in [0, 0.05) is 71.6 Å². The fourth-order valence-corrected chi connectivity index (χ4v) is 15.0. The van der Waals surface area contributed by atoms with E-state index in [1.165, 1.54) is 132 Å². The molecule has 0 unspecified atom stereocenters. The van der Waals surface area contributed by atoms with Gasteiger partial charge in [-0.15, -0.1) is 0 Å². The van der Waals surface area contributed by atoms with E-state index < -0.39 is 0 Å². The van der Waals surface area contributed by atoms with Gasteiger partial charge in [0.25, 0.3) is 0 Å². The van der Waals surface area contributed by atoms with Crippen molar-refractivity contribution in [2.75, 3.05) is 4.90 Å². The molecule has 17 aromatic rings. The molecule has 418 valence electrons. The lowest BCUT2D eigenvalue weighted by Crippen LogP contribution is -2.17. The van der Waals surface area contributed by atoms with Gasteiger partial charge in [-0.2, -0.15) is 0 Å². The second kappa shape index (κ2) is 19.8. The summed E-state index contributed by atoms with van der Waals surface area (Å²) >= 11 is 0. The molecule has 0 amide bonds. The summed E-state index contributed by atoms with van der Waals surface area (Å²) in [6, 6.07) is 117. The Kier molecular flexibility index (Phi) is 11.3. The number of hydrogen-bond donors (Lipinski definition) is 0. The van der Waals surface area contributed by atoms with E-state index in [2.05, 4.69) is 348 Å². The van der Waals surface area contributed by atoms with Gasteiger partial charge in [0.15, 0.2) is 0 Å². The minimum Gasteiger partial charge on any atom is -0.310 e. The molecule has 0 atom stereocenters. The zero-order valence-corrected chi connectivity index (χ0v) is 49.3. The van der Waals surface area contributed by atoms with Gasteiger partial charge in [0.2, 0.25) is 0 Å². The predicted molar refractivity (Wildman–Crippen MR) is 376 cm³/mol.